The van der Waals surface area contributed by atoms with E-state index in [0.29, 0.717) is 12.0 Å². The number of furan rings is 1. The SMILES string of the molecule is CC(CC(O)c1ccc(F)cc1)NC(=O)c1ccc(Cl)o1. The monoisotopic (exact) mass is 311 g/mol. The molecule has 0 aliphatic rings. The van der Waals surface area contributed by atoms with Crippen LogP contribution in [-0.2, 0) is 0 Å². The summed E-state index contributed by atoms with van der Waals surface area (Å²) < 4.78 is 17.8. The zero-order valence-corrected chi connectivity index (χ0v) is 12.1. The molecule has 1 amide bonds. The summed E-state index contributed by atoms with van der Waals surface area (Å²) in [7, 11) is 0. The Bertz CT molecular complexity index is 612. The molecule has 112 valence electrons. The fraction of sp³-hybridized carbons (Fsp3) is 0.267. The van der Waals surface area contributed by atoms with Gasteiger partial charge in [-0.05, 0) is 54.8 Å². The number of rotatable bonds is 5. The Morgan fingerprint density at radius 2 is 2.00 bits per heavy atom. The molecular formula is C15H15ClFNO3. The average Bonchev–Trinajstić information content (AvgIpc) is 2.86. The van der Waals surface area contributed by atoms with Crippen LogP contribution in [0.25, 0.3) is 0 Å². The highest BCUT2D eigenvalue weighted by molar-refractivity contribution is 6.29. The lowest BCUT2D eigenvalue weighted by molar-refractivity contribution is 0.0889. The zero-order chi connectivity index (χ0) is 15.4. The van der Waals surface area contributed by atoms with Gasteiger partial charge in [0.05, 0.1) is 6.10 Å². The molecule has 4 nitrogen and oxygen atoms in total. The van der Waals surface area contributed by atoms with Crippen LogP contribution in [0.2, 0.25) is 5.22 Å². The van der Waals surface area contributed by atoms with Crippen molar-refractivity contribution in [3.8, 4) is 0 Å². The van der Waals surface area contributed by atoms with Crippen molar-refractivity contribution in [3.05, 3.63) is 58.8 Å². The molecule has 0 aliphatic heterocycles. The molecule has 0 saturated carbocycles. The highest BCUT2D eigenvalue weighted by atomic mass is 35.5. The van der Waals surface area contributed by atoms with Crippen LogP contribution < -0.4 is 5.32 Å². The summed E-state index contributed by atoms with van der Waals surface area (Å²) in [6, 6.07) is 8.26. The van der Waals surface area contributed by atoms with E-state index >= 15 is 0 Å². The van der Waals surface area contributed by atoms with Crippen molar-refractivity contribution in [2.75, 3.05) is 0 Å². The number of nitrogens with one attached hydrogen (secondary N) is 1. The van der Waals surface area contributed by atoms with Gasteiger partial charge in [-0.25, -0.2) is 4.39 Å². The average molecular weight is 312 g/mol. The van der Waals surface area contributed by atoms with Crippen LogP contribution in [0.5, 0.6) is 0 Å². The first kappa shape index (κ1) is 15.5. The van der Waals surface area contributed by atoms with Crippen LogP contribution in [-0.4, -0.2) is 17.1 Å². The lowest BCUT2D eigenvalue weighted by Gasteiger charge is -2.17. The second-order valence-electron chi connectivity index (χ2n) is 4.78. The molecule has 1 aromatic heterocycles. The summed E-state index contributed by atoms with van der Waals surface area (Å²) in [5, 5.41) is 12.9. The lowest BCUT2D eigenvalue weighted by Crippen LogP contribution is -2.33. The minimum atomic E-state index is -0.791. The first-order valence-corrected chi connectivity index (χ1v) is 6.83. The normalized spacial score (nSPS) is 13.7. The molecule has 2 rings (SSSR count). The van der Waals surface area contributed by atoms with Crippen molar-refractivity contribution < 1.29 is 18.7 Å². The molecule has 1 heterocycles. The van der Waals surface area contributed by atoms with Gasteiger partial charge in [-0.2, -0.15) is 0 Å². The van der Waals surface area contributed by atoms with Gasteiger partial charge in [0.25, 0.3) is 5.91 Å². The van der Waals surface area contributed by atoms with Gasteiger partial charge in [0.1, 0.15) is 5.82 Å². The number of hydrogen-bond acceptors (Lipinski definition) is 3. The first-order chi connectivity index (χ1) is 9.95. The number of carbonyl (C=O) groups is 1. The van der Waals surface area contributed by atoms with Gasteiger partial charge in [-0.15, -0.1) is 0 Å². The van der Waals surface area contributed by atoms with Crippen LogP contribution in [0.3, 0.4) is 0 Å². The third-order valence-electron chi connectivity index (χ3n) is 3.01. The van der Waals surface area contributed by atoms with Gasteiger partial charge < -0.3 is 14.8 Å². The van der Waals surface area contributed by atoms with Crippen LogP contribution in [0, 0.1) is 5.82 Å². The Labute approximate surface area is 126 Å². The molecule has 0 bridgehead atoms. The summed E-state index contributed by atoms with van der Waals surface area (Å²) in [6.45, 7) is 1.76. The molecule has 0 spiro atoms. The molecule has 1 aromatic carbocycles. The second-order valence-corrected chi connectivity index (χ2v) is 5.15. The number of aliphatic hydroxyl groups excluding tert-OH is 1. The first-order valence-electron chi connectivity index (χ1n) is 6.45. The number of benzene rings is 1. The Kier molecular flexibility index (Phi) is 4.98. The molecular weight excluding hydrogens is 297 g/mol. The minimum Gasteiger partial charge on any atom is -0.440 e. The zero-order valence-electron chi connectivity index (χ0n) is 11.3. The van der Waals surface area contributed by atoms with E-state index in [9.17, 15) is 14.3 Å². The summed E-state index contributed by atoms with van der Waals surface area (Å²) in [5.41, 5.74) is 0.596. The van der Waals surface area contributed by atoms with E-state index in [-0.39, 0.29) is 22.8 Å². The molecule has 0 saturated heterocycles. The van der Waals surface area contributed by atoms with Crippen molar-refractivity contribution in [1.82, 2.24) is 5.32 Å². The number of carbonyl (C=O) groups excluding carboxylic acids is 1. The molecule has 2 N–H and O–H groups in total. The van der Waals surface area contributed by atoms with E-state index in [1.165, 1.54) is 36.4 Å². The predicted octanol–water partition coefficient (Wildman–Crippen LogP) is 3.31. The Morgan fingerprint density at radius 3 is 2.57 bits per heavy atom. The third-order valence-corrected chi connectivity index (χ3v) is 3.21. The summed E-state index contributed by atoms with van der Waals surface area (Å²) in [6.07, 6.45) is -0.493. The maximum absolute atomic E-state index is 12.8. The highest BCUT2D eigenvalue weighted by Gasteiger charge is 2.17. The van der Waals surface area contributed by atoms with Crippen molar-refractivity contribution in [2.45, 2.75) is 25.5 Å². The topological polar surface area (TPSA) is 62.5 Å². The standard InChI is InChI=1S/C15H15ClFNO3/c1-9(18-15(20)13-6-7-14(16)21-13)8-12(19)10-2-4-11(17)5-3-10/h2-7,9,12,19H,8H2,1H3,(H,18,20). The fourth-order valence-electron chi connectivity index (χ4n) is 1.95. The van der Waals surface area contributed by atoms with Gasteiger partial charge in [0, 0.05) is 6.04 Å². The quantitative estimate of drug-likeness (QED) is 0.890. The van der Waals surface area contributed by atoms with Crippen molar-refractivity contribution >= 4 is 17.5 Å². The summed E-state index contributed by atoms with van der Waals surface area (Å²) >= 11 is 5.60. The molecule has 6 heteroatoms. The largest absolute Gasteiger partial charge is 0.440 e. The van der Waals surface area contributed by atoms with E-state index in [0.717, 1.165) is 0 Å². The van der Waals surface area contributed by atoms with E-state index in [1.807, 2.05) is 0 Å². The summed E-state index contributed by atoms with van der Waals surface area (Å²) in [4.78, 5) is 11.8. The predicted molar refractivity (Wildman–Crippen MR) is 76.6 cm³/mol. The Hall–Kier alpha value is -1.85. The number of amides is 1. The smallest absolute Gasteiger partial charge is 0.287 e. The van der Waals surface area contributed by atoms with Gasteiger partial charge in [-0.1, -0.05) is 12.1 Å². The van der Waals surface area contributed by atoms with Gasteiger partial charge in [-0.3, -0.25) is 4.79 Å². The molecule has 0 aliphatic carbocycles. The van der Waals surface area contributed by atoms with Gasteiger partial charge in [0.2, 0.25) is 0 Å². The maximum atomic E-state index is 12.8. The van der Waals surface area contributed by atoms with Crippen LogP contribution in [0.15, 0.2) is 40.8 Å². The number of hydrogen-bond donors (Lipinski definition) is 2. The highest BCUT2D eigenvalue weighted by Crippen LogP contribution is 2.19. The number of aliphatic hydroxyl groups is 1. The van der Waals surface area contributed by atoms with Crippen LogP contribution in [0.1, 0.15) is 35.6 Å². The number of halogens is 2. The molecule has 2 aromatic rings. The minimum absolute atomic E-state index is 0.114. The summed E-state index contributed by atoms with van der Waals surface area (Å²) in [5.74, 6) is -0.647. The molecule has 2 unspecified atom stereocenters. The van der Waals surface area contributed by atoms with Gasteiger partial charge >= 0.3 is 0 Å². The van der Waals surface area contributed by atoms with Crippen LogP contribution in [0.4, 0.5) is 4.39 Å². The van der Waals surface area contributed by atoms with Crippen molar-refractivity contribution in [2.24, 2.45) is 0 Å². The molecule has 0 radical (unpaired) electrons. The molecule has 2 atom stereocenters. The lowest BCUT2D eigenvalue weighted by atomic mass is 10.0. The van der Waals surface area contributed by atoms with Gasteiger partial charge in [0.15, 0.2) is 11.0 Å². The third kappa shape index (κ3) is 4.31. The van der Waals surface area contributed by atoms with E-state index in [4.69, 9.17) is 16.0 Å². The molecule has 21 heavy (non-hydrogen) atoms. The van der Waals surface area contributed by atoms with E-state index < -0.39 is 12.0 Å². The fourth-order valence-corrected chi connectivity index (χ4v) is 2.09. The van der Waals surface area contributed by atoms with E-state index in [1.54, 1.807) is 6.92 Å². The Balaban J connectivity index is 1.90. The van der Waals surface area contributed by atoms with Crippen LogP contribution >= 0.6 is 11.6 Å². The van der Waals surface area contributed by atoms with Crippen molar-refractivity contribution in [1.29, 1.82) is 0 Å². The van der Waals surface area contributed by atoms with Crippen molar-refractivity contribution in [3.63, 3.8) is 0 Å². The second kappa shape index (κ2) is 6.74. The maximum Gasteiger partial charge on any atom is 0.287 e. The Morgan fingerprint density at radius 1 is 1.33 bits per heavy atom. The molecule has 0 fully saturated rings. The van der Waals surface area contributed by atoms with E-state index in [2.05, 4.69) is 5.32 Å².